The lowest BCUT2D eigenvalue weighted by Crippen LogP contribution is -2.19. The van der Waals surface area contributed by atoms with Crippen LogP contribution in [0.25, 0.3) is 11.6 Å². The van der Waals surface area contributed by atoms with E-state index >= 15 is 0 Å². The third-order valence-corrected chi connectivity index (χ3v) is 4.34. The molecule has 0 spiro atoms. The number of hydrogen-bond donors (Lipinski definition) is 3. The Hall–Kier alpha value is -3.09. The van der Waals surface area contributed by atoms with Crippen molar-refractivity contribution in [2.45, 2.75) is 20.4 Å². The summed E-state index contributed by atoms with van der Waals surface area (Å²) in [5, 5.41) is 13.6. The lowest BCUT2D eigenvalue weighted by atomic mass is 10.0. The van der Waals surface area contributed by atoms with Gasteiger partial charge in [0.1, 0.15) is 0 Å². The molecule has 2 rings (SSSR count). The minimum atomic E-state index is -0.234. The van der Waals surface area contributed by atoms with Gasteiger partial charge in [-0.3, -0.25) is 9.78 Å². The van der Waals surface area contributed by atoms with Gasteiger partial charge in [0.05, 0.1) is 6.61 Å². The molecule has 1 amide bonds. The quantitative estimate of drug-likeness (QED) is 0.308. The second kappa shape index (κ2) is 11.7. The van der Waals surface area contributed by atoms with Gasteiger partial charge in [0.25, 0.3) is 0 Å². The molecular formula is C23H28N4O2. The molecule has 1 heterocycles. The van der Waals surface area contributed by atoms with Crippen molar-refractivity contribution in [3.05, 3.63) is 71.6 Å². The molecule has 3 N–H and O–H groups in total. The molecule has 0 saturated heterocycles. The number of anilines is 1. The monoisotopic (exact) mass is 392 g/mol. The van der Waals surface area contributed by atoms with E-state index in [0.29, 0.717) is 12.2 Å². The summed E-state index contributed by atoms with van der Waals surface area (Å²) in [5.74, 6) is -0.234. The van der Waals surface area contributed by atoms with Gasteiger partial charge in [0, 0.05) is 55.6 Å². The van der Waals surface area contributed by atoms with E-state index in [0.717, 1.165) is 42.1 Å². The van der Waals surface area contributed by atoms with Crippen molar-refractivity contribution in [2.75, 3.05) is 25.1 Å². The molecule has 0 unspecified atom stereocenters. The predicted molar refractivity (Wildman–Crippen MR) is 119 cm³/mol. The number of ether oxygens (including phenoxy) is 1. The summed E-state index contributed by atoms with van der Waals surface area (Å²) in [6.45, 7) is 10.8. The molecule has 0 aliphatic rings. The third-order valence-electron chi connectivity index (χ3n) is 4.34. The number of rotatable bonds is 11. The van der Waals surface area contributed by atoms with Gasteiger partial charge < -0.3 is 20.8 Å². The Labute approximate surface area is 172 Å². The van der Waals surface area contributed by atoms with Crippen molar-refractivity contribution in [1.82, 2.24) is 10.3 Å². The molecule has 0 aliphatic carbocycles. The van der Waals surface area contributed by atoms with E-state index in [1.165, 1.54) is 17.9 Å². The zero-order valence-corrected chi connectivity index (χ0v) is 17.0. The number of carbonyl (C=O) groups is 1. The van der Waals surface area contributed by atoms with Crippen molar-refractivity contribution in [2.24, 2.45) is 0 Å². The van der Waals surface area contributed by atoms with Crippen molar-refractivity contribution in [3.63, 3.8) is 0 Å². The number of aryl methyl sites for hydroxylation is 1. The number of carbonyl (C=O) groups excluding carboxylic acids is 1. The highest BCUT2D eigenvalue weighted by Crippen LogP contribution is 2.18. The maximum absolute atomic E-state index is 12.3. The Balaban J connectivity index is 1.96. The number of amides is 1. The molecule has 29 heavy (non-hydrogen) atoms. The van der Waals surface area contributed by atoms with Crippen LogP contribution in [0.2, 0.25) is 0 Å². The third kappa shape index (κ3) is 7.10. The SMILES string of the molecule is C=C(C=N)c1ccncc1/C=C/C(=O)Nc1ccc(CNCCOCC)c(C)c1. The van der Waals surface area contributed by atoms with Gasteiger partial charge in [-0.15, -0.1) is 0 Å². The Kier molecular flexibility index (Phi) is 8.95. The number of benzene rings is 1. The Morgan fingerprint density at radius 2 is 2.17 bits per heavy atom. The van der Waals surface area contributed by atoms with Crippen molar-refractivity contribution in [3.8, 4) is 0 Å². The molecule has 1 aromatic carbocycles. The topological polar surface area (TPSA) is 87.1 Å². The van der Waals surface area contributed by atoms with Gasteiger partial charge in [0.15, 0.2) is 0 Å². The number of aromatic nitrogens is 1. The highest BCUT2D eigenvalue weighted by atomic mass is 16.5. The lowest BCUT2D eigenvalue weighted by molar-refractivity contribution is -0.111. The van der Waals surface area contributed by atoms with E-state index in [1.807, 2.05) is 32.0 Å². The Morgan fingerprint density at radius 3 is 2.90 bits per heavy atom. The fourth-order valence-electron chi connectivity index (χ4n) is 2.74. The van der Waals surface area contributed by atoms with Crippen LogP contribution in [0, 0.1) is 12.3 Å². The van der Waals surface area contributed by atoms with Gasteiger partial charge in [-0.2, -0.15) is 0 Å². The Morgan fingerprint density at radius 1 is 1.34 bits per heavy atom. The molecule has 2 aromatic rings. The molecule has 0 fully saturated rings. The molecule has 1 aromatic heterocycles. The second-order valence-electron chi connectivity index (χ2n) is 6.47. The van der Waals surface area contributed by atoms with E-state index in [1.54, 1.807) is 24.5 Å². The summed E-state index contributed by atoms with van der Waals surface area (Å²) in [4.78, 5) is 16.4. The average Bonchev–Trinajstić information content (AvgIpc) is 2.73. The maximum atomic E-state index is 12.3. The molecule has 6 nitrogen and oxygen atoms in total. The zero-order valence-electron chi connectivity index (χ0n) is 17.0. The summed E-state index contributed by atoms with van der Waals surface area (Å²) < 4.78 is 5.31. The molecule has 0 saturated carbocycles. The van der Waals surface area contributed by atoms with Gasteiger partial charge >= 0.3 is 0 Å². The van der Waals surface area contributed by atoms with Crippen LogP contribution in [0.3, 0.4) is 0 Å². The zero-order chi connectivity index (χ0) is 21.1. The first kappa shape index (κ1) is 22.2. The molecular weight excluding hydrogens is 364 g/mol. The predicted octanol–water partition coefficient (Wildman–Crippen LogP) is 3.83. The lowest BCUT2D eigenvalue weighted by Gasteiger charge is -2.10. The maximum Gasteiger partial charge on any atom is 0.248 e. The van der Waals surface area contributed by atoms with Crippen molar-refractivity contribution < 1.29 is 9.53 Å². The molecule has 0 bridgehead atoms. The summed E-state index contributed by atoms with van der Waals surface area (Å²) >= 11 is 0. The first-order chi connectivity index (χ1) is 14.0. The fourth-order valence-corrected chi connectivity index (χ4v) is 2.74. The largest absolute Gasteiger partial charge is 0.380 e. The van der Waals surface area contributed by atoms with Crippen LogP contribution in [0.4, 0.5) is 5.69 Å². The number of nitrogens with one attached hydrogen (secondary N) is 3. The second-order valence-corrected chi connectivity index (χ2v) is 6.47. The highest BCUT2D eigenvalue weighted by Gasteiger charge is 2.05. The average molecular weight is 393 g/mol. The molecule has 0 radical (unpaired) electrons. The van der Waals surface area contributed by atoms with Crippen LogP contribution in [0.5, 0.6) is 0 Å². The standard InChI is InChI=1S/C23H28N4O2/c1-4-29-12-11-26-15-19-5-7-21(13-17(19)2)27-23(28)8-6-20-16-25-10-9-22(20)18(3)14-24/h5-10,13-14,16,24,26H,3-4,11-12,15H2,1-2H3,(H,27,28)/b8-6+,24-14?. The van der Waals surface area contributed by atoms with Crippen LogP contribution in [0.15, 0.2) is 49.3 Å². The van der Waals surface area contributed by atoms with E-state index in [2.05, 4.69) is 22.2 Å². The van der Waals surface area contributed by atoms with Crippen molar-refractivity contribution >= 4 is 29.5 Å². The molecule has 152 valence electrons. The van der Waals surface area contributed by atoms with Crippen molar-refractivity contribution in [1.29, 1.82) is 5.41 Å². The first-order valence-electron chi connectivity index (χ1n) is 9.56. The molecule has 0 aliphatic heterocycles. The van der Waals surface area contributed by atoms with Crippen LogP contribution < -0.4 is 10.6 Å². The number of nitrogens with zero attached hydrogens (tertiary/aromatic N) is 1. The van der Waals surface area contributed by atoms with E-state index in [9.17, 15) is 4.79 Å². The van der Waals surface area contributed by atoms with E-state index in [4.69, 9.17) is 10.1 Å². The number of allylic oxidation sites excluding steroid dienone is 1. The minimum absolute atomic E-state index is 0.234. The van der Waals surface area contributed by atoms with Gasteiger partial charge in [-0.1, -0.05) is 12.6 Å². The van der Waals surface area contributed by atoms with Gasteiger partial charge in [-0.05, 0) is 60.4 Å². The number of pyridine rings is 1. The summed E-state index contributed by atoms with van der Waals surface area (Å²) in [6.07, 6.45) is 7.59. The smallest absolute Gasteiger partial charge is 0.248 e. The van der Waals surface area contributed by atoms with Crippen LogP contribution in [-0.4, -0.2) is 36.9 Å². The highest BCUT2D eigenvalue weighted by molar-refractivity contribution is 6.09. The van der Waals surface area contributed by atoms with Crippen LogP contribution in [-0.2, 0) is 16.1 Å². The van der Waals surface area contributed by atoms with Gasteiger partial charge in [0.2, 0.25) is 5.91 Å². The molecule has 6 heteroatoms. The van der Waals surface area contributed by atoms with Crippen LogP contribution >= 0.6 is 0 Å². The number of hydrogen-bond acceptors (Lipinski definition) is 5. The molecule has 0 atom stereocenters. The summed E-state index contributed by atoms with van der Waals surface area (Å²) in [7, 11) is 0. The van der Waals surface area contributed by atoms with Crippen LogP contribution in [0.1, 0.15) is 29.2 Å². The first-order valence-corrected chi connectivity index (χ1v) is 9.56. The normalized spacial score (nSPS) is 10.8. The summed E-state index contributed by atoms with van der Waals surface area (Å²) in [5.41, 5.74) is 5.10. The van der Waals surface area contributed by atoms with E-state index in [-0.39, 0.29) is 5.91 Å². The Bertz CT molecular complexity index is 890. The fraction of sp³-hybridized carbons (Fsp3) is 0.261. The summed E-state index contributed by atoms with van der Waals surface area (Å²) in [6, 6.07) is 7.63. The minimum Gasteiger partial charge on any atom is -0.380 e. The van der Waals surface area contributed by atoms with Gasteiger partial charge in [-0.25, -0.2) is 0 Å². The van der Waals surface area contributed by atoms with E-state index < -0.39 is 0 Å².